The minimum Gasteiger partial charge on any atom is -0.543 e. The van der Waals surface area contributed by atoms with Crippen molar-refractivity contribution in [1.29, 1.82) is 5.26 Å². The van der Waals surface area contributed by atoms with Gasteiger partial charge < -0.3 is 13.6 Å². The minimum absolute atomic E-state index is 0.0155. The van der Waals surface area contributed by atoms with Gasteiger partial charge in [-0.1, -0.05) is 20.8 Å². The molecule has 0 amide bonds. The summed E-state index contributed by atoms with van der Waals surface area (Å²) in [6, 6.07) is 5.56. The molecule has 2 rings (SSSR count). The standard InChI is InChI=1S/C19H25NO4Si/c1-12-14-10-13(22-5)11-16(24-25(6,7)19(2,3)4)17(14)18(21)23-15(12)8-9-20/h10-11H,8H2,1-7H3. The molecule has 5 nitrogen and oxygen atoms in total. The molecule has 0 radical (unpaired) electrons. The normalized spacial score (nSPS) is 12.1. The van der Waals surface area contributed by atoms with E-state index < -0.39 is 13.9 Å². The van der Waals surface area contributed by atoms with Gasteiger partial charge in [-0.25, -0.2) is 4.79 Å². The lowest BCUT2D eigenvalue weighted by atomic mass is 10.0. The second-order valence-electron chi connectivity index (χ2n) is 7.68. The van der Waals surface area contributed by atoms with Crippen molar-refractivity contribution in [1.82, 2.24) is 0 Å². The van der Waals surface area contributed by atoms with Gasteiger partial charge in [0, 0.05) is 11.5 Å². The summed E-state index contributed by atoms with van der Waals surface area (Å²) in [7, 11) is -0.579. The molecule has 0 aliphatic carbocycles. The Kier molecular flexibility index (Phi) is 5.01. The van der Waals surface area contributed by atoms with E-state index in [2.05, 4.69) is 33.9 Å². The summed E-state index contributed by atoms with van der Waals surface area (Å²) >= 11 is 0. The van der Waals surface area contributed by atoms with Gasteiger partial charge in [0.1, 0.15) is 22.6 Å². The van der Waals surface area contributed by atoms with Crippen molar-refractivity contribution < 1.29 is 13.6 Å². The number of benzene rings is 1. The summed E-state index contributed by atoms with van der Waals surface area (Å²) in [5.74, 6) is 1.48. The molecule has 0 N–H and O–H groups in total. The van der Waals surface area contributed by atoms with Crippen LogP contribution in [0.15, 0.2) is 21.3 Å². The van der Waals surface area contributed by atoms with E-state index in [1.54, 1.807) is 19.2 Å². The van der Waals surface area contributed by atoms with Gasteiger partial charge in [-0.2, -0.15) is 5.26 Å². The molecule has 0 bridgehead atoms. The van der Waals surface area contributed by atoms with Crippen LogP contribution in [0.5, 0.6) is 11.5 Å². The molecule has 1 heterocycles. The van der Waals surface area contributed by atoms with Gasteiger partial charge in [0.2, 0.25) is 0 Å². The molecular formula is C19H25NO4Si. The van der Waals surface area contributed by atoms with Crippen molar-refractivity contribution in [3.63, 3.8) is 0 Å². The van der Waals surface area contributed by atoms with E-state index >= 15 is 0 Å². The first-order chi connectivity index (χ1) is 11.5. The number of methoxy groups -OCH3 is 1. The van der Waals surface area contributed by atoms with E-state index in [9.17, 15) is 4.79 Å². The maximum atomic E-state index is 12.6. The third kappa shape index (κ3) is 3.56. The predicted octanol–water partition coefficient (Wildman–Crippen LogP) is 4.56. The Morgan fingerprint density at radius 3 is 2.44 bits per heavy atom. The molecule has 0 spiro atoms. The molecule has 0 unspecified atom stereocenters. The molecule has 134 valence electrons. The van der Waals surface area contributed by atoms with Crippen molar-refractivity contribution in [3.05, 3.63) is 33.9 Å². The van der Waals surface area contributed by atoms with Crippen LogP contribution in [0.1, 0.15) is 32.1 Å². The van der Waals surface area contributed by atoms with Gasteiger partial charge in [0.15, 0.2) is 0 Å². The average molecular weight is 359 g/mol. The van der Waals surface area contributed by atoms with Crippen LogP contribution in [-0.4, -0.2) is 15.4 Å². The van der Waals surface area contributed by atoms with Crippen molar-refractivity contribution >= 4 is 19.1 Å². The van der Waals surface area contributed by atoms with Crippen LogP contribution in [0.25, 0.3) is 10.8 Å². The van der Waals surface area contributed by atoms with Crippen molar-refractivity contribution in [2.75, 3.05) is 7.11 Å². The lowest BCUT2D eigenvalue weighted by Gasteiger charge is -2.36. The fourth-order valence-corrected chi connectivity index (χ4v) is 3.37. The number of nitrogens with zero attached hydrogens (tertiary/aromatic N) is 1. The fraction of sp³-hybridized carbons (Fsp3) is 0.474. The monoisotopic (exact) mass is 359 g/mol. The molecule has 6 heteroatoms. The molecule has 0 fully saturated rings. The van der Waals surface area contributed by atoms with Gasteiger partial charge in [-0.15, -0.1) is 0 Å². The Morgan fingerprint density at radius 2 is 1.92 bits per heavy atom. The van der Waals surface area contributed by atoms with E-state index in [4.69, 9.17) is 18.8 Å². The van der Waals surface area contributed by atoms with Crippen molar-refractivity contribution in [3.8, 4) is 17.6 Å². The highest BCUT2D eigenvalue weighted by molar-refractivity contribution is 6.74. The maximum Gasteiger partial charge on any atom is 0.347 e. The van der Waals surface area contributed by atoms with Crippen LogP contribution in [0.4, 0.5) is 0 Å². The first-order valence-electron chi connectivity index (χ1n) is 8.22. The minimum atomic E-state index is -2.16. The largest absolute Gasteiger partial charge is 0.543 e. The van der Waals surface area contributed by atoms with E-state index in [0.717, 1.165) is 5.56 Å². The topological polar surface area (TPSA) is 72.5 Å². The summed E-state index contributed by atoms with van der Waals surface area (Å²) < 4.78 is 17.2. The Hall–Kier alpha value is -2.26. The molecule has 1 aromatic carbocycles. The molecule has 1 aromatic heterocycles. The zero-order valence-corrected chi connectivity index (χ0v) is 16.9. The highest BCUT2D eigenvalue weighted by Gasteiger charge is 2.39. The number of ether oxygens (including phenoxy) is 1. The van der Waals surface area contributed by atoms with Crippen LogP contribution >= 0.6 is 0 Å². The van der Waals surface area contributed by atoms with Gasteiger partial charge in [-0.3, -0.25) is 0 Å². The van der Waals surface area contributed by atoms with Crippen LogP contribution in [0.2, 0.25) is 18.1 Å². The predicted molar refractivity (Wildman–Crippen MR) is 101 cm³/mol. The Labute approximate surface area is 149 Å². The van der Waals surface area contributed by atoms with E-state index in [1.807, 2.05) is 13.0 Å². The molecular weight excluding hydrogens is 334 g/mol. The first kappa shape index (κ1) is 19.1. The highest BCUT2D eigenvalue weighted by atomic mass is 28.4. The second-order valence-corrected chi connectivity index (χ2v) is 12.4. The molecule has 0 saturated heterocycles. The Bertz CT molecular complexity index is 901. The summed E-state index contributed by atoms with van der Waals surface area (Å²) in [4.78, 5) is 12.6. The van der Waals surface area contributed by atoms with Crippen LogP contribution in [0, 0.1) is 18.3 Å². The molecule has 0 aliphatic rings. The SMILES string of the molecule is COc1cc(O[Si](C)(C)C(C)(C)C)c2c(=O)oc(CC#N)c(C)c2c1. The number of fused-ring (bicyclic) bond motifs is 1. The number of hydrogen-bond donors (Lipinski definition) is 0. The molecule has 2 aromatic rings. The zero-order valence-electron chi connectivity index (χ0n) is 15.9. The third-order valence-corrected chi connectivity index (χ3v) is 9.31. The maximum absolute atomic E-state index is 12.6. The lowest BCUT2D eigenvalue weighted by Crippen LogP contribution is -2.44. The van der Waals surface area contributed by atoms with E-state index in [-0.39, 0.29) is 11.5 Å². The lowest BCUT2D eigenvalue weighted by molar-refractivity contribution is 0.411. The third-order valence-electron chi connectivity index (χ3n) is 4.96. The molecule has 25 heavy (non-hydrogen) atoms. The van der Waals surface area contributed by atoms with Crippen molar-refractivity contribution in [2.45, 2.75) is 52.2 Å². The van der Waals surface area contributed by atoms with Gasteiger partial charge in [0.25, 0.3) is 8.32 Å². The van der Waals surface area contributed by atoms with E-state index in [0.29, 0.717) is 28.0 Å². The van der Waals surface area contributed by atoms with Crippen LogP contribution < -0.4 is 14.8 Å². The summed E-state index contributed by atoms with van der Waals surface area (Å²) in [5.41, 5.74) is 0.275. The summed E-state index contributed by atoms with van der Waals surface area (Å²) in [5, 5.41) is 10.0. The Morgan fingerprint density at radius 1 is 1.28 bits per heavy atom. The first-order valence-corrected chi connectivity index (χ1v) is 11.1. The molecule has 0 aliphatic heterocycles. The van der Waals surface area contributed by atoms with Gasteiger partial charge in [-0.05, 0) is 36.7 Å². The number of aryl methyl sites for hydroxylation is 1. The summed E-state index contributed by atoms with van der Waals surface area (Å²) in [6.45, 7) is 12.5. The highest BCUT2D eigenvalue weighted by Crippen LogP contribution is 2.40. The zero-order chi connectivity index (χ0) is 19.0. The number of nitriles is 1. The summed E-state index contributed by atoms with van der Waals surface area (Å²) in [6.07, 6.45) is 0.0483. The smallest absolute Gasteiger partial charge is 0.347 e. The Balaban J connectivity index is 2.79. The quantitative estimate of drug-likeness (QED) is 0.748. The van der Waals surface area contributed by atoms with Crippen molar-refractivity contribution in [2.24, 2.45) is 0 Å². The fourth-order valence-electron chi connectivity index (χ4n) is 2.35. The second kappa shape index (κ2) is 6.56. The van der Waals surface area contributed by atoms with Gasteiger partial charge in [0.05, 0.1) is 19.6 Å². The van der Waals surface area contributed by atoms with E-state index in [1.165, 1.54) is 0 Å². The van der Waals surface area contributed by atoms with Gasteiger partial charge >= 0.3 is 5.63 Å². The average Bonchev–Trinajstić information content (AvgIpc) is 2.50. The number of rotatable bonds is 4. The van der Waals surface area contributed by atoms with Crippen LogP contribution in [-0.2, 0) is 6.42 Å². The molecule has 0 saturated carbocycles. The van der Waals surface area contributed by atoms with Crippen LogP contribution in [0.3, 0.4) is 0 Å². The molecule has 0 atom stereocenters. The number of hydrogen-bond acceptors (Lipinski definition) is 5.